The Balaban J connectivity index is 2.60. The fourth-order valence-corrected chi connectivity index (χ4v) is 3.23. The molecule has 0 bridgehead atoms. The van der Waals surface area contributed by atoms with Crippen molar-refractivity contribution in [2.24, 2.45) is 11.8 Å². The van der Waals surface area contributed by atoms with Gasteiger partial charge in [0.25, 0.3) is 0 Å². The lowest BCUT2D eigenvalue weighted by Gasteiger charge is -2.37. The number of rotatable bonds is 7. The summed E-state index contributed by atoms with van der Waals surface area (Å²) < 4.78 is 0. The maximum Gasteiger partial charge on any atom is 0.153 e. The van der Waals surface area contributed by atoms with Crippen molar-refractivity contribution in [2.45, 2.75) is 72.3 Å². The van der Waals surface area contributed by atoms with Gasteiger partial charge >= 0.3 is 0 Å². The summed E-state index contributed by atoms with van der Waals surface area (Å²) in [7, 11) is 0. The molecule has 0 saturated carbocycles. The maximum absolute atomic E-state index is 12.6. The normalized spacial score (nSPS) is 22.1. The quantitative estimate of drug-likeness (QED) is 0.686. The van der Waals surface area contributed by atoms with E-state index in [1.54, 1.807) is 0 Å². The van der Waals surface area contributed by atoms with Gasteiger partial charge in [0, 0.05) is 6.42 Å². The Morgan fingerprint density at radius 3 is 2.22 bits per heavy atom. The van der Waals surface area contributed by atoms with Gasteiger partial charge in [-0.2, -0.15) is 0 Å². The topological polar surface area (TPSA) is 20.3 Å². The first-order chi connectivity index (χ1) is 8.40. The van der Waals surface area contributed by atoms with Crippen molar-refractivity contribution in [1.82, 2.24) is 4.90 Å². The fraction of sp³-hybridized carbons (Fsp3) is 0.938. The minimum atomic E-state index is -0.207. The Kier molecular flexibility index (Phi) is 5.84. The van der Waals surface area contributed by atoms with Crippen LogP contribution in [0.25, 0.3) is 0 Å². The zero-order chi connectivity index (χ0) is 13.8. The van der Waals surface area contributed by atoms with E-state index < -0.39 is 0 Å². The smallest absolute Gasteiger partial charge is 0.153 e. The molecule has 2 atom stereocenters. The SMILES string of the molecule is CCC(C)(C(=O)CC(C)CC(C)C)N1CCCC1. The third-order valence-electron chi connectivity index (χ3n) is 4.50. The van der Waals surface area contributed by atoms with Gasteiger partial charge in [0.1, 0.15) is 0 Å². The van der Waals surface area contributed by atoms with Crippen molar-refractivity contribution in [3.63, 3.8) is 0 Å². The number of hydrogen-bond acceptors (Lipinski definition) is 2. The number of Topliss-reactive ketones (excluding diaryl/α,β-unsaturated/α-hetero) is 1. The van der Waals surface area contributed by atoms with Crippen molar-refractivity contribution < 1.29 is 4.79 Å². The van der Waals surface area contributed by atoms with Crippen LogP contribution in [0.3, 0.4) is 0 Å². The minimum absolute atomic E-state index is 0.207. The molecular weight excluding hydrogens is 222 g/mol. The summed E-state index contributed by atoms with van der Waals surface area (Å²) in [5, 5.41) is 0. The summed E-state index contributed by atoms with van der Waals surface area (Å²) in [6.45, 7) is 13.2. The molecular formula is C16H31NO. The second-order valence-corrected chi connectivity index (χ2v) is 6.68. The Morgan fingerprint density at radius 2 is 1.78 bits per heavy atom. The van der Waals surface area contributed by atoms with Gasteiger partial charge in [-0.05, 0) is 57.5 Å². The lowest BCUT2D eigenvalue weighted by atomic mass is 9.84. The average Bonchev–Trinajstić information content (AvgIpc) is 2.80. The van der Waals surface area contributed by atoms with E-state index in [0.717, 1.165) is 32.4 Å². The van der Waals surface area contributed by atoms with Crippen molar-refractivity contribution >= 4 is 5.78 Å². The van der Waals surface area contributed by atoms with Crippen LogP contribution < -0.4 is 0 Å². The predicted octanol–water partition coefficient (Wildman–Crippen LogP) is 3.89. The minimum Gasteiger partial charge on any atom is -0.298 e. The molecule has 0 aromatic heterocycles. The summed E-state index contributed by atoms with van der Waals surface area (Å²) in [6.07, 6.45) is 5.36. The van der Waals surface area contributed by atoms with E-state index >= 15 is 0 Å². The van der Waals surface area contributed by atoms with E-state index in [1.165, 1.54) is 12.8 Å². The van der Waals surface area contributed by atoms with E-state index in [9.17, 15) is 4.79 Å². The summed E-state index contributed by atoms with van der Waals surface area (Å²) in [6, 6.07) is 0. The van der Waals surface area contributed by atoms with Gasteiger partial charge in [-0.25, -0.2) is 0 Å². The molecule has 0 spiro atoms. The fourth-order valence-electron chi connectivity index (χ4n) is 3.23. The van der Waals surface area contributed by atoms with E-state index in [1.807, 2.05) is 0 Å². The van der Waals surface area contributed by atoms with Crippen LogP contribution in [0.15, 0.2) is 0 Å². The molecule has 2 unspecified atom stereocenters. The zero-order valence-electron chi connectivity index (χ0n) is 13.0. The molecule has 0 aliphatic carbocycles. The van der Waals surface area contributed by atoms with Gasteiger partial charge in [-0.1, -0.05) is 27.7 Å². The zero-order valence-corrected chi connectivity index (χ0v) is 13.0. The Hall–Kier alpha value is -0.370. The summed E-state index contributed by atoms with van der Waals surface area (Å²) in [5.74, 6) is 1.67. The summed E-state index contributed by atoms with van der Waals surface area (Å²) in [4.78, 5) is 15.0. The van der Waals surface area contributed by atoms with E-state index in [0.29, 0.717) is 17.6 Å². The first-order valence-corrected chi connectivity index (χ1v) is 7.68. The number of likely N-dealkylation sites (tertiary alicyclic amines) is 1. The third kappa shape index (κ3) is 3.81. The third-order valence-corrected chi connectivity index (χ3v) is 4.50. The molecule has 2 nitrogen and oxygen atoms in total. The highest BCUT2D eigenvalue weighted by molar-refractivity contribution is 5.88. The lowest BCUT2D eigenvalue weighted by molar-refractivity contribution is -0.131. The number of carbonyl (C=O) groups is 1. The highest BCUT2D eigenvalue weighted by Crippen LogP contribution is 2.29. The molecule has 0 aromatic rings. The van der Waals surface area contributed by atoms with Crippen molar-refractivity contribution in [3.05, 3.63) is 0 Å². The maximum atomic E-state index is 12.6. The summed E-state index contributed by atoms with van der Waals surface area (Å²) in [5.41, 5.74) is -0.207. The monoisotopic (exact) mass is 253 g/mol. The van der Waals surface area contributed by atoms with Crippen molar-refractivity contribution in [3.8, 4) is 0 Å². The van der Waals surface area contributed by atoms with Gasteiger partial charge in [-0.15, -0.1) is 0 Å². The van der Waals surface area contributed by atoms with Crippen LogP contribution in [0.1, 0.15) is 66.7 Å². The van der Waals surface area contributed by atoms with E-state index in [2.05, 4.69) is 39.5 Å². The molecule has 0 amide bonds. The van der Waals surface area contributed by atoms with Crippen LogP contribution in [0.4, 0.5) is 0 Å². The molecule has 1 rings (SSSR count). The molecule has 2 heteroatoms. The molecule has 0 radical (unpaired) electrons. The molecule has 1 aliphatic heterocycles. The molecule has 1 saturated heterocycles. The predicted molar refractivity (Wildman–Crippen MR) is 77.7 cm³/mol. The highest BCUT2D eigenvalue weighted by atomic mass is 16.1. The van der Waals surface area contributed by atoms with Crippen LogP contribution in [-0.4, -0.2) is 29.3 Å². The molecule has 1 fully saturated rings. The number of hydrogen-bond donors (Lipinski definition) is 0. The molecule has 1 heterocycles. The van der Waals surface area contributed by atoms with Gasteiger partial charge in [0.15, 0.2) is 5.78 Å². The molecule has 106 valence electrons. The van der Waals surface area contributed by atoms with Gasteiger partial charge in [0.2, 0.25) is 0 Å². The van der Waals surface area contributed by atoms with Crippen molar-refractivity contribution in [1.29, 1.82) is 0 Å². The van der Waals surface area contributed by atoms with Crippen molar-refractivity contribution in [2.75, 3.05) is 13.1 Å². The van der Waals surface area contributed by atoms with Gasteiger partial charge in [0.05, 0.1) is 5.54 Å². The first-order valence-electron chi connectivity index (χ1n) is 7.68. The molecule has 0 aromatic carbocycles. The Morgan fingerprint density at radius 1 is 1.22 bits per heavy atom. The van der Waals surface area contributed by atoms with Crippen LogP contribution in [0, 0.1) is 11.8 Å². The van der Waals surface area contributed by atoms with Crippen LogP contribution in [0.2, 0.25) is 0 Å². The lowest BCUT2D eigenvalue weighted by Crippen LogP contribution is -2.51. The average molecular weight is 253 g/mol. The second-order valence-electron chi connectivity index (χ2n) is 6.68. The Bertz CT molecular complexity index is 268. The second kappa shape index (κ2) is 6.70. The van der Waals surface area contributed by atoms with Crippen LogP contribution in [-0.2, 0) is 4.79 Å². The number of nitrogens with zero attached hydrogens (tertiary/aromatic N) is 1. The van der Waals surface area contributed by atoms with Gasteiger partial charge < -0.3 is 0 Å². The Labute approximate surface area is 113 Å². The van der Waals surface area contributed by atoms with Gasteiger partial charge in [-0.3, -0.25) is 9.69 Å². The van der Waals surface area contributed by atoms with Crippen LogP contribution >= 0.6 is 0 Å². The number of ketones is 1. The summed E-state index contributed by atoms with van der Waals surface area (Å²) >= 11 is 0. The van der Waals surface area contributed by atoms with Crippen LogP contribution in [0.5, 0.6) is 0 Å². The van der Waals surface area contributed by atoms with E-state index in [-0.39, 0.29) is 5.54 Å². The first kappa shape index (κ1) is 15.7. The van der Waals surface area contributed by atoms with E-state index in [4.69, 9.17) is 0 Å². The molecule has 18 heavy (non-hydrogen) atoms. The molecule has 0 N–H and O–H groups in total. The largest absolute Gasteiger partial charge is 0.298 e. The standard InChI is InChI=1S/C16H31NO/c1-6-16(5,17-9-7-8-10-17)15(18)12-14(4)11-13(2)3/h13-14H,6-12H2,1-5H3. The number of carbonyl (C=O) groups excluding carboxylic acids is 1. The highest BCUT2D eigenvalue weighted by Gasteiger charge is 2.38. The molecule has 1 aliphatic rings.